The molecule has 2 atom stereocenters. The molecule has 1 unspecified atom stereocenters. The highest BCUT2D eigenvalue weighted by molar-refractivity contribution is 5.71. The van der Waals surface area contributed by atoms with Gasteiger partial charge in [0.15, 0.2) is 6.10 Å². The second-order valence-electron chi connectivity index (χ2n) is 22.4. The van der Waals surface area contributed by atoms with Gasteiger partial charge in [0.1, 0.15) is 13.2 Å². The first-order valence-corrected chi connectivity index (χ1v) is 31.3. The Morgan fingerprint density at radius 1 is 0.304 bits per heavy atom. The molecule has 0 aliphatic carbocycles. The molecule has 410 valence electrons. The van der Waals surface area contributed by atoms with Crippen molar-refractivity contribution in [1.29, 1.82) is 0 Å². The fourth-order valence-electron chi connectivity index (χ4n) is 9.73. The molecule has 6 heteroatoms. The summed E-state index contributed by atoms with van der Waals surface area (Å²) in [6.07, 6.45) is 61.0. The van der Waals surface area contributed by atoms with Gasteiger partial charge in [-0.05, 0) is 31.1 Å². The maximum absolute atomic E-state index is 12.9. The van der Waals surface area contributed by atoms with Crippen LogP contribution in [0.5, 0.6) is 0 Å². The van der Waals surface area contributed by atoms with Crippen LogP contribution in [0.1, 0.15) is 356 Å². The summed E-state index contributed by atoms with van der Waals surface area (Å²) in [5, 5.41) is 0. The van der Waals surface area contributed by atoms with Crippen LogP contribution >= 0.6 is 0 Å². The van der Waals surface area contributed by atoms with Crippen molar-refractivity contribution in [3.8, 4) is 0 Å². The maximum atomic E-state index is 12.9. The smallest absolute Gasteiger partial charge is 0.306 e. The summed E-state index contributed by atoms with van der Waals surface area (Å²) in [4.78, 5) is 38.2. The molecular weight excluding hydrogens is 853 g/mol. The zero-order chi connectivity index (χ0) is 50.4. The Labute approximate surface area is 431 Å². The van der Waals surface area contributed by atoms with E-state index in [1.165, 1.54) is 244 Å². The van der Waals surface area contributed by atoms with Crippen molar-refractivity contribution in [1.82, 2.24) is 0 Å². The van der Waals surface area contributed by atoms with Crippen LogP contribution in [0.2, 0.25) is 0 Å². The second-order valence-corrected chi connectivity index (χ2v) is 22.4. The van der Waals surface area contributed by atoms with Crippen molar-refractivity contribution in [2.24, 2.45) is 11.8 Å². The van der Waals surface area contributed by atoms with Gasteiger partial charge < -0.3 is 14.2 Å². The Hall–Kier alpha value is -1.59. The third-order valence-corrected chi connectivity index (χ3v) is 14.8. The first-order valence-electron chi connectivity index (χ1n) is 31.3. The van der Waals surface area contributed by atoms with E-state index < -0.39 is 6.10 Å². The van der Waals surface area contributed by atoms with Crippen LogP contribution in [0.25, 0.3) is 0 Å². The molecule has 6 nitrogen and oxygen atoms in total. The van der Waals surface area contributed by atoms with Crippen LogP contribution in [-0.4, -0.2) is 37.2 Å². The molecule has 0 aromatic heterocycles. The van der Waals surface area contributed by atoms with E-state index in [0.29, 0.717) is 19.3 Å². The first-order chi connectivity index (χ1) is 33.8. The van der Waals surface area contributed by atoms with E-state index in [1.807, 2.05) is 0 Å². The minimum absolute atomic E-state index is 0.0622. The summed E-state index contributed by atoms with van der Waals surface area (Å²) in [5.74, 6) is 0.894. The first kappa shape index (κ1) is 67.4. The van der Waals surface area contributed by atoms with Gasteiger partial charge >= 0.3 is 17.9 Å². The van der Waals surface area contributed by atoms with E-state index in [1.54, 1.807) is 0 Å². The Kier molecular flexibility index (Phi) is 54.4. The zero-order valence-corrected chi connectivity index (χ0v) is 47.5. The quantitative estimate of drug-likeness (QED) is 0.0343. The normalized spacial score (nSPS) is 12.4. The molecule has 0 bridgehead atoms. The van der Waals surface area contributed by atoms with E-state index in [9.17, 15) is 14.4 Å². The van der Waals surface area contributed by atoms with E-state index >= 15 is 0 Å². The lowest BCUT2D eigenvalue weighted by Gasteiger charge is -2.18. The van der Waals surface area contributed by atoms with Gasteiger partial charge in [0, 0.05) is 19.3 Å². The zero-order valence-electron chi connectivity index (χ0n) is 47.5. The number of unbranched alkanes of at least 4 members (excludes halogenated alkanes) is 41. The number of esters is 3. The Morgan fingerprint density at radius 2 is 0.551 bits per heavy atom. The highest BCUT2D eigenvalue weighted by atomic mass is 16.6. The van der Waals surface area contributed by atoms with E-state index in [0.717, 1.165) is 69.6 Å². The third kappa shape index (κ3) is 55.6. The second kappa shape index (κ2) is 55.7. The lowest BCUT2D eigenvalue weighted by atomic mass is 9.99. The lowest BCUT2D eigenvalue weighted by Crippen LogP contribution is -2.30. The highest BCUT2D eigenvalue weighted by Crippen LogP contribution is 2.19. The standard InChI is InChI=1S/C63H122O6/c1-6-8-9-10-11-12-13-14-15-21-25-28-35-40-45-50-55-63(66)69-60(57-68-62(65)54-49-44-39-34-30-29-31-36-41-46-51-58(3)4)56-67-61(64)53-48-43-38-33-27-24-22-19-17-16-18-20-23-26-32-37-42-47-52-59(5)7-2/h58-60H,6-57H2,1-5H3/t59?,60-/m1/s1. The van der Waals surface area contributed by atoms with Crippen molar-refractivity contribution in [3.05, 3.63) is 0 Å². The summed E-state index contributed by atoms with van der Waals surface area (Å²) in [6, 6.07) is 0. The Balaban J connectivity index is 4.24. The number of hydrogen-bond donors (Lipinski definition) is 0. The Bertz CT molecular complexity index is 1060. The van der Waals surface area contributed by atoms with Crippen LogP contribution in [0.3, 0.4) is 0 Å². The van der Waals surface area contributed by atoms with Gasteiger partial charge in [-0.3, -0.25) is 14.4 Å². The number of carbonyl (C=O) groups excluding carboxylic acids is 3. The Morgan fingerprint density at radius 3 is 0.826 bits per heavy atom. The van der Waals surface area contributed by atoms with Crippen LogP contribution in [0, 0.1) is 11.8 Å². The van der Waals surface area contributed by atoms with Crippen molar-refractivity contribution in [3.63, 3.8) is 0 Å². The fourth-order valence-corrected chi connectivity index (χ4v) is 9.73. The monoisotopic (exact) mass is 975 g/mol. The minimum Gasteiger partial charge on any atom is -0.462 e. The molecule has 0 heterocycles. The van der Waals surface area contributed by atoms with Gasteiger partial charge in [0.2, 0.25) is 0 Å². The summed E-state index contributed by atoms with van der Waals surface area (Å²) < 4.78 is 16.9. The lowest BCUT2D eigenvalue weighted by molar-refractivity contribution is -0.167. The number of hydrogen-bond acceptors (Lipinski definition) is 6. The predicted molar refractivity (Wildman–Crippen MR) is 298 cm³/mol. The molecule has 0 fully saturated rings. The van der Waals surface area contributed by atoms with Gasteiger partial charge in [0.25, 0.3) is 0 Å². The minimum atomic E-state index is -0.763. The summed E-state index contributed by atoms with van der Waals surface area (Å²) >= 11 is 0. The molecule has 0 saturated carbocycles. The molecule has 0 aliphatic heterocycles. The number of rotatable bonds is 57. The average Bonchev–Trinajstić information content (AvgIpc) is 3.34. The van der Waals surface area contributed by atoms with Gasteiger partial charge in [-0.2, -0.15) is 0 Å². The van der Waals surface area contributed by atoms with Crippen molar-refractivity contribution in [2.45, 2.75) is 362 Å². The number of ether oxygens (including phenoxy) is 3. The summed E-state index contributed by atoms with van der Waals surface area (Å²) in [6.45, 7) is 11.5. The van der Waals surface area contributed by atoms with Crippen LogP contribution in [0.4, 0.5) is 0 Å². The van der Waals surface area contributed by atoms with Crippen molar-refractivity contribution >= 4 is 17.9 Å². The van der Waals surface area contributed by atoms with Gasteiger partial charge in [0.05, 0.1) is 0 Å². The summed E-state index contributed by atoms with van der Waals surface area (Å²) in [7, 11) is 0. The third-order valence-electron chi connectivity index (χ3n) is 14.8. The van der Waals surface area contributed by atoms with Gasteiger partial charge in [-0.15, -0.1) is 0 Å². The topological polar surface area (TPSA) is 78.9 Å². The molecule has 0 rings (SSSR count). The average molecular weight is 976 g/mol. The summed E-state index contributed by atoms with van der Waals surface area (Å²) in [5.41, 5.74) is 0. The SMILES string of the molecule is CCCCCCCCCCCCCCCCCCC(=O)O[C@H](COC(=O)CCCCCCCCCCCCCCCCCCCCC(C)CC)COC(=O)CCCCCCCCCCCCC(C)C. The van der Waals surface area contributed by atoms with Crippen LogP contribution in [0.15, 0.2) is 0 Å². The van der Waals surface area contributed by atoms with Gasteiger partial charge in [-0.1, -0.05) is 317 Å². The predicted octanol–water partition coefficient (Wildman–Crippen LogP) is 20.8. The molecular formula is C63H122O6. The van der Waals surface area contributed by atoms with Crippen molar-refractivity contribution in [2.75, 3.05) is 13.2 Å². The van der Waals surface area contributed by atoms with E-state index in [2.05, 4.69) is 34.6 Å². The van der Waals surface area contributed by atoms with E-state index in [-0.39, 0.29) is 31.1 Å². The van der Waals surface area contributed by atoms with Crippen molar-refractivity contribution < 1.29 is 28.6 Å². The van der Waals surface area contributed by atoms with Gasteiger partial charge in [-0.25, -0.2) is 0 Å². The molecule has 0 N–H and O–H groups in total. The molecule has 0 radical (unpaired) electrons. The van der Waals surface area contributed by atoms with E-state index in [4.69, 9.17) is 14.2 Å². The van der Waals surface area contributed by atoms with Crippen LogP contribution < -0.4 is 0 Å². The molecule has 0 aromatic carbocycles. The number of carbonyl (C=O) groups is 3. The maximum Gasteiger partial charge on any atom is 0.306 e. The molecule has 0 spiro atoms. The molecule has 69 heavy (non-hydrogen) atoms. The largest absolute Gasteiger partial charge is 0.462 e. The molecule has 0 saturated heterocycles. The molecule has 0 amide bonds. The fraction of sp³-hybridized carbons (Fsp3) is 0.952. The molecule has 0 aliphatic rings. The van der Waals surface area contributed by atoms with Crippen LogP contribution in [-0.2, 0) is 28.6 Å². The molecule has 0 aromatic rings. The highest BCUT2D eigenvalue weighted by Gasteiger charge is 2.19.